The van der Waals surface area contributed by atoms with Gasteiger partial charge in [0.1, 0.15) is 5.82 Å². The molecule has 60 heavy (non-hydrogen) atoms. The third kappa shape index (κ3) is 6.75. The fraction of sp³-hybridized carbons (Fsp3) is 0.208. The Kier molecular flexibility index (Phi) is 9.88. The number of pyridine rings is 1. The molecule has 0 N–H and O–H groups in total. The number of hydrogen-bond acceptors (Lipinski definition) is 2. The molecule has 0 saturated carbocycles. The van der Waals surface area contributed by atoms with Gasteiger partial charge in [-0.05, 0) is 74.0 Å². The van der Waals surface area contributed by atoms with Gasteiger partial charge in [0.25, 0.3) is 6.33 Å². The second-order valence-electron chi connectivity index (χ2n) is 18.4. The van der Waals surface area contributed by atoms with Crippen molar-refractivity contribution in [2.75, 3.05) is 0 Å². The first-order valence-corrected chi connectivity index (χ1v) is 23.9. The number of nitrogens with zero attached hydrogens (tertiary/aromatic N) is 4. The van der Waals surface area contributed by atoms with Crippen LogP contribution in [0.15, 0.2) is 140 Å². The maximum absolute atomic E-state index is 6.65. The predicted molar refractivity (Wildman–Crippen MR) is 244 cm³/mol. The first-order chi connectivity index (χ1) is 28.4. The van der Waals surface area contributed by atoms with Crippen LogP contribution >= 0.6 is 0 Å². The summed E-state index contributed by atoms with van der Waals surface area (Å²) in [5.41, 5.74) is 11.4. The van der Waals surface area contributed by atoms with E-state index in [0.717, 1.165) is 44.3 Å². The third-order valence-corrected chi connectivity index (χ3v) is 15.8. The molecule has 1 aliphatic heterocycles. The van der Waals surface area contributed by atoms with Crippen molar-refractivity contribution in [2.45, 2.75) is 71.0 Å². The van der Waals surface area contributed by atoms with Crippen LogP contribution in [0, 0.1) is 18.5 Å². The Bertz CT molecular complexity index is 3080. The van der Waals surface area contributed by atoms with E-state index >= 15 is 0 Å². The van der Waals surface area contributed by atoms with Gasteiger partial charge >= 0.3 is 0 Å². The standard InChI is InChI=1S/C53H48N4OSi.Pt/c1-52(2,3)37-28-30-54-49(32-37)57-45-21-12-11-20-42(45)43-25-24-40(34-48(43)57)58-39-19-15-18-38(33-39)55-35-56(47-23-14-13-22-46(47)55)50-41(36-16-9-8-10-17-36)26-27-44-51(50)59(6,7)31-29-53(44,4)5;/h8-28,30,32H,29,31H2,1-7H3;/q-2;. The topological polar surface area (TPSA) is 35.9 Å². The van der Waals surface area contributed by atoms with E-state index in [4.69, 9.17) is 9.72 Å². The summed E-state index contributed by atoms with van der Waals surface area (Å²) in [5.74, 6) is 2.07. The summed E-state index contributed by atoms with van der Waals surface area (Å²) in [7, 11) is -1.86. The fourth-order valence-electron chi connectivity index (χ4n) is 9.14. The minimum absolute atomic E-state index is 0. The van der Waals surface area contributed by atoms with Gasteiger partial charge in [-0.2, -0.15) is 18.2 Å². The summed E-state index contributed by atoms with van der Waals surface area (Å²) in [4.78, 5) is 4.85. The Balaban J connectivity index is 0.00000462. The average Bonchev–Trinajstić information content (AvgIpc) is 3.78. The molecular weight excluding hydrogens is 932 g/mol. The van der Waals surface area contributed by atoms with Gasteiger partial charge in [-0.15, -0.1) is 29.7 Å². The summed E-state index contributed by atoms with van der Waals surface area (Å²) < 4.78 is 13.3. The Labute approximate surface area is 368 Å². The molecule has 6 aromatic carbocycles. The molecule has 10 rings (SSSR count). The molecule has 0 amide bonds. The molecule has 302 valence electrons. The van der Waals surface area contributed by atoms with E-state index in [2.05, 4.69) is 195 Å². The Hall–Kier alpha value is -5.55. The van der Waals surface area contributed by atoms with Gasteiger partial charge in [0.05, 0.1) is 24.8 Å². The summed E-state index contributed by atoms with van der Waals surface area (Å²) in [6.07, 6.45) is 6.98. The second kappa shape index (κ2) is 14.9. The fourth-order valence-corrected chi connectivity index (χ4v) is 12.7. The van der Waals surface area contributed by atoms with Crippen molar-refractivity contribution in [1.29, 1.82) is 0 Å². The molecule has 0 saturated heterocycles. The number of para-hydroxylation sites is 3. The van der Waals surface area contributed by atoms with Crippen LogP contribution in [0.25, 0.3) is 61.2 Å². The van der Waals surface area contributed by atoms with Crippen LogP contribution in [-0.2, 0) is 31.9 Å². The Morgan fingerprint density at radius 1 is 0.750 bits per heavy atom. The molecular formula is C53H48N4OPtSi-2. The normalized spacial score (nSPS) is 14.6. The Morgan fingerprint density at radius 3 is 2.28 bits per heavy atom. The van der Waals surface area contributed by atoms with Gasteiger partial charge < -0.3 is 13.9 Å². The number of aromatic nitrogens is 4. The van der Waals surface area contributed by atoms with Crippen LogP contribution in [0.5, 0.6) is 11.5 Å². The van der Waals surface area contributed by atoms with Crippen molar-refractivity contribution in [2.24, 2.45) is 0 Å². The van der Waals surface area contributed by atoms with Crippen molar-refractivity contribution in [3.05, 3.63) is 169 Å². The van der Waals surface area contributed by atoms with E-state index in [-0.39, 0.29) is 31.9 Å². The van der Waals surface area contributed by atoms with Crippen molar-refractivity contribution < 1.29 is 30.4 Å². The minimum atomic E-state index is -1.86. The minimum Gasteiger partial charge on any atom is -0.510 e. The van der Waals surface area contributed by atoms with Crippen LogP contribution in [0.1, 0.15) is 52.2 Å². The molecule has 5 nitrogen and oxygen atoms in total. The van der Waals surface area contributed by atoms with Crippen LogP contribution < -0.4 is 14.5 Å². The maximum Gasteiger partial charge on any atom is 0.268 e. The molecule has 0 spiro atoms. The number of hydrogen-bond donors (Lipinski definition) is 0. The summed E-state index contributed by atoms with van der Waals surface area (Å²) in [5, 5.41) is 3.78. The molecule has 1 aliphatic rings. The zero-order valence-electron chi connectivity index (χ0n) is 35.2. The molecule has 0 atom stereocenters. The van der Waals surface area contributed by atoms with Gasteiger partial charge in [0.2, 0.25) is 0 Å². The molecule has 0 unspecified atom stereocenters. The molecule has 0 bridgehead atoms. The summed E-state index contributed by atoms with van der Waals surface area (Å²) in [6.45, 7) is 16.6. The second-order valence-corrected chi connectivity index (χ2v) is 23.1. The van der Waals surface area contributed by atoms with Crippen LogP contribution in [0.4, 0.5) is 0 Å². The number of benzene rings is 6. The zero-order valence-corrected chi connectivity index (χ0v) is 38.5. The maximum atomic E-state index is 6.65. The first kappa shape index (κ1) is 39.9. The summed E-state index contributed by atoms with van der Waals surface area (Å²) in [6, 6.07) is 55.7. The molecule has 0 aliphatic carbocycles. The predicted octanol–water partition coefficient (Wildman–Crippen LogP) is 12.2. The number of ether oxygens (including phenoxy) is 1. The van der Waals surface area contributed by atoms with E-state index < -0.39 is 8.07 Å². The van der Waals surface area contributed by atoms with E-state index in [1.165, 1.54) is 45.6 Å². The molecule has 0 radical (unpaired) electrons. The number of rotatable bonds is 6. The average molecular weight is 980 g/mol. The molecule has 0 fully saturated rings. The SMILES string of the molecule is CC(C)(C)c1ccnc(-n2c3[c-]c(Oc4[c-]c(-n5[c-][n+](-c6c(-c7ccccc7)ccc7c6[Si](C)(C)CCC7(C)C)c6ccccc65)ccc4)ccc3c3ccccc32)c1.[Pt]. The van der Waals surface area contributed by atoms with Gasteiger partial charge in [0.15, 0.2) is 0 Å². The summed E-state index contributed by atoms with van der Waals surface area (Å²) >= 11 is 0. The number of fused-ring (bicyclic) bond motifs is 5. The van der Waals surface area contributed by atoms with E-state index in [0.29, 0.717) is 11.5 Å². The van der Waals surface area contributed by atoms with E-state index in [1.807, 2.05) is 24.4 Å². The molecule has 4 heterocycles. The van der Waals surface area contributed by atoms with Crippen LogP contribution in [0.3, 0.4) is 0 Å². The third-order valence-electron chi connectivity index (χ3n) is 12.4. The van der Waals surface area contributed by atoms with Crippen molar-refractivity contribution >= 4 is 46.1 Å². The van der Waals surface area contributed by atoms with Crippen LogP contribution in [0.2, 0.25) is 19.1 Å². The van der Waals surface area contributed by atoms with Crippen molar-refractivity contribution in [1.82, 2.24) is 14.1 Å². The van der Waals surface area contributed by atoms with E-state index in [9.17, 15) is 0 Å². The van der Waals surface area contributed by atoms with E-state index in [1.54, 1.807) is 0 Å². The quantitative estimate of drug-likeness (QED) is 0.0945. The number of imidazole rings is 1. The first-order valence-electron chi connectivity index (χ1n) is 20.7. The van der Waals surface area contributed by atoms with Crippen molar-refractivity contribution in [3.8, 4) is 39.8 Å². The van der Waals surface area contributed by atoms with Crippen LogP contribution in [-0.4, -0.2) is 22.2 Å². The van der Waals surface area contributed by atoms with Gasteiger partial charge in [-0.1, -0.05) is 144 Å². The van der Waals surface area contributed by atoms with Gasteiger partial charge in [0, 0.05) is 44.3 Å². The molecule has 9 aromatic rings. The molecule has 7 heteroatoms. The monoisotopic (exact) mass is 979 g/mol. The zero-order chi connectivity index (χ0) is 40.7. The molecule has 3 aromatic heterocycles. The van der Waals surface area contributed by atoms with Gasteiger partial charge in [-0.25, -0.2) is 4.98 Å². The largest absolute Gasteiger partial charge is 0.510 e. The van der Waals surface area contributed by atoms with Gasteiger partial charge in [-0.3, -0.25) is 4.57 Å². The Morgan fingerprint density at radius 2 is 1.48 bits per heavy atom. The smallest absolute Gasteiger partial charge is 0.268 e. The van der Waals surface area contributed by atoms with Crippen molar-refractivity contribution in [3.63, 3.8) is 0 Å².